The SMILES string of the molecule is Cc1ccccc1C1CC1C(=O)N1CCN(c2ccc(C#N)cn2)CC1. The van der Waals surface area contributed by atoms with E-state index in [0.29, 0.717) is 17.4 Å². The van der Waals surface area contributed by atoms with E-state index in [1.165, 1.54) is 11.1 Å². The first-order chi connectivity index (χ1) is 12.7. The second-order valence-corrected chi connectivity index (χ2v) is 7.13. The predicted molar refractivity (Wildman–Crippen MR) is 99.8 cm³/mol. The minimum Gasteiger partial charge on any atom is -0.353 e. The van der Waals surface area contributed by atoms with Crippen molar-refractivity contribution in [2.75, 3.05) is 31.1 Å². The Bertz CT molecular complexity index is 847. The molecule has 0 bridgehead atoms. The molecule has 1 aromatic carbocycles. The highest BCUT2D eigenvalue weighted by molar-refractivity contribution is 5.83. The molecule has 5 nitrogen and oxygen atoms in total. The summed E-state index contributed by atoms with van der Waals surface area (Å²) in [5, 5.41) is 8.87. The zero-order chi connectivity index (χ0) is 18.1. The van der Waals surface area contributed by atoms with Gasteiger partial charge in [0.1, 0.15) is 11.9 Å². The van der Waals surface area contributed by atoms with E-state index in [4.69, 9.17) is 5.26 Å². The van der Waals surface area contributed by atoms with Gasteiger partial charge in [0.15, 0.2) is 0 Å². The predicted octanol–water partition coefficient (Wildman–Crippen LogP) is 2.71. The molecule has 2 atom stereocenters. The lowest BCUT2D eigenvalue weighted by Crippen LogP contribution is -2.49. The average molecular weight is 346 g/mol. The number of anilines is 1. The Kier molecular flexibility index (Phi) is 4.34. The van der Waals surface area contributed by atoms with Gasteiger partial charge >= 0.3 is 0 Å². The monoisotopic (exact) mass is 346 g/mol. The summed E-state index contributed by atoms with van der Waals surface area (Å²) in [5.41, 5.74) is 3.18. The number of carbonyl (C=O) groups excluding carboxylic acids is 1. The lowest BCUT2D eigenvalue weighted by molar-refractivity contribution is -0.133. The highest BCUT2D eigenvalue weighted by Crippen LogP contribution is 2.49. The van der Waals surface area contributed by atoms with E-state index in [1.54, 1.807) is 12.3 Å². The van der Waals surface area contributed by atoms with Crippen LogP contribution in [0.1, 0.15) is 29.0 Å². The van der Waals surface area contributed by atoms with Crippen LogP contribution in [-0.2, 0) is 4.79 Å². The number of nitriles is 1. The fourth-order valence-electron chi connectivity index (χ4n) is 3.84. The molecule has 1 amide bonds. The number of aryl methyl sites for hydroxylation is 1. The van der Waals surface area contributed by atoms with E-state index in [2.05, 4.69) is 47.1 Å². The first-order valence-electron chi connectivity index (χ1n) is 9.13. The van der Waals surface area contributed by atoms with E-state index in [0.717, 1.165) is 38.4 Å². The number of hydrogen-bond donors (Lipinski definition) is 0. The third-order valence-corrected chi connectivity index (χ3v) is 5.49. The Morgan fingerprint density at radius 3 is 2.58 bits per heavy atom. The van der Waals surface area contributed by atoms with Crippen molar-refractivity contribution in [2.45, 2.75) is 19.3 Å². The van der Waals surface area contributed by atoms with Gasteiger partial charge in [0, 0.05) is 38.3 Å². The van der Waals surface area contributed by atoms with Gasteiger partial charge in [-0.1, -0.05) is 24.3 Å². The molecule has 2 fully saturated rings. The molecule has 2 aromatic rings. The molecule has 1 saturated heterocycles. The number of carbonyl (C=O) groups is 1. The highest BCUT2D eigenvalue weighted by Gasteiger charge is 2.46. The van der Waals surface area contributed by atoms with Crippen molar-refractivity contribution in [2.24, 2.45) is 5.92 Å². The van der Waals surface area contributed by atoms with Gasteiger partial charge in [0.25, 0.3) is 0 Å². The molecule has 0 spiro atoms. The lowest BCUT2D eigenvalue weighted by Gasteiger charge is -2.35. The number of amides is 1. The molecule has 1 saturated carbocycles. The summed E-state index contributed by atoms with van der Waals surface area (Å²) in [4.78, 5) is 21.4. The van der Waals surface area contributed by atoms with Crippen molar-refractivity contribution in [1.82, 2.24) is 9.88 Å². The Balaban J connectivity index is 1.34. The normalized spacial score (nSPS) is 22.0. The van der Waals surface area contributed by atoms with Crippen LogP contribution in [0.25, 0.3) is 0 Å². The van der Waals surface area contributed by atoms with Crippen molar-refractivity contribution < 1.29 is 4.79 Å². The highest BCUT2D eigenvalue weighted by atomic mass is 16.2. The fourth-order valence-corrected chi connectivity index (χ4v) is 3.84. The van der Waals surface area contributed by atoms with Crippen LogP contribution >= 0.6 is 0 Å². The molecule has 4 rings (SSSR count). The standard InChI is InChI=1S/C21H22N4O/c1-15-4-2-3-5-17(15)18-12-19(18)21(26)25-10-8-24(9-11-25)20-7-6-16(13-22)14-23-20/h2-7,14,18-19H,8-12H2,1H3. The zero-order valence-corrected chi connectivity index (χ0v) is 14.9. The number of hydrogen-bond acceptors (Lipinski definition) is 4. The molecule has 5 heteroatoms. The Hall–Kier alpha value is -2.87. The van der Waals surface area contributed by atoms with Crippen molar-refractivity contribution in [3.8, 4) is 6.07 Å². The first-order valence-corrected chi connectivity index (χ1v) is 9.13. The van der Waals surface area contributed by atoms with Crippen LogP contribution in [0.15, 0.2) is 42.6 Å². The third-order valence-electron chi connectivity index (χ3n) is 5.49. The van der Waals surface area contributed by atoms with Gasteiger partial charge in [0.2, 0.25) is 5.91 Å². The largest absolute Gasteiger partial charge is 0.353 e. The number of piperazine rings is 1. The smallest absolute Gasteiger partial charge is 0.226 e. The average Bonchev–Trinajstić information content (AvgIpc) is 3.48. The summed E-state index contributed by atoms with van der Waals surface area (Å²) < 4.78 is 0. The maximum atomic E-state index is 12.8. The summed E-state index contributed by atoms with van der Waals surface area (Å²) in [6.07, 6.45) is 2.57. The van der Waals surface area contributed by atoms with E-state index in [-0.39, 0.29) is 5.92 Å². The topological polar surface area (TPSA) is 60.2 Å². The summed E-state index contributed by atoms with van der Waals surface area (Å²) >= 11 is 0. The summed E-state index contributed by atoms with van der Waals surface area (Å²) in [7, 11) is 0. The molecule has 2 aliphatic rings. The van der Waals surface area contributed by atoms with Crippen LogP contribution in [0.3, 0.4) is 0 Å². The van der Waals surface area contributed by atoms with Crippen molar-refractivity contribution in [3.05, 3.63) is 59.3 Å². The van der Waals surface area contributed by atoms with Crippen LogP contribution < -0.4 is 4.90 Å². The molecule has 2 unspecified atom stereocenters. The molecule has 0 N–H and O–H groups in total. The number of nitrogens with zero attached hydrogens (tertiary/aromatic N) is 4. The van der Waals surface area contributed by atoms with Gasteiger partial charge in [-0.25, -0.2) is 4.98 Å². The maximum Gasteiger partial charge on any atom is 0.226 e. The van der Waals surface area contributed by atoms with Crippen LogP contribution in [-0.4, -0.2) is 42.0 Å². The molecule has 1 aliphatic carbocycles. The molecule has 1 aliphatic heterocycles. The van der Waals surface area contributed by atoms with E-state index >= 15 is 0 Å². The molecule has 26 heavy (non-hydrogen) atoms. The van der Waals surface area contributed by atoms with Crippen molar-refractivity contribution in [1.29, 1.82) is 5.26 Å². The van der Waals surface area contributed by atoms with Crippen LogP contribution in [0.4, 0.5) is 5.82 Å². The zero-order valence-electron chi connectivity index (χ0n) is 14.9. The van der Waals surface area contributed by atoms with E-state index in [1.807, 2.05) is 11.0 Å². The van der Waals surface area contributed by atoms with E-state index in [9.17, 15) is 4.79 Å². The maximum absolute atomic E-state index is 12.8. The quantitative estimate of drug-likeness (QED) is 0.857. The Morgan fingerprint density at radius 2 is 1.92 bits per heavy atom. The second-order valence-electron chi connectivity index (χ2n) is 7.13. The van der Waals surface area contributed by atoms with E-state index < -0.39 is 0 Å². The lowest BCUT2D eigenvalue weighted by atomic mass is 10.0. The molecule has 132 valence electrons. The number of aromatic nitrogens is 1. The van der Waals surface area contributed by atoms with Crippen LogP contribution in [0.2, 0.25) is 0 Å². The minimum atomic E-state index is 0.149. The second kappa shape index (κ2) is 6.80. The Morgan fingerprint density at radius 1 is 1.15 bits per heavy atom. The van der Waals surface area contributed by atoms with Crippen LogP contribution in [0.5, 0.6) is 0 Å². The number of rotatable bonds is 3. The summed E-state index contributed by atoms with van der Waals surface area (Å²) in [6, 6.07) is 14.1. The fraction of sp³-hybridized carbons (Fsp3) is 0.381. The number of pyridine rings is 1. The Labute approximate surface area is 153 Å². The summed E-state index contributed by atoms with van der Waals surface area (Å²) in [5.74, 6) is 1.71. The van der Waals surface area contributed by atoms with Gasteiger partial charge in [0.05, 0.1) is 5.56 Å². The molecular formula is C21H22N4O. The number of benzene rings is 1. The van der Waals surface area contributed by atoms with Gasteiger partial charge < -0.3 is 9.80 Å². The molecule has 1 aromatic heterocycles. The minimum absolute atomic E-state index is 0.149. The van der Waals surface area contributed by atoms with Crippen molar-refractivity contribution in [3.63, 3.8) is 0 Å². The van der Waals surface area contributed by atoms with Gasteiger partial charge in [-0.05, 0) is 42.5 Å². The van der Waals surface area contributed by atoms with Gasteiger partial charge in [-0.15, -0.1) is 0 Å². The van der Waals surface area contributed by atoms with Gasteiger partial charge in [-0.2, -0.15) is 5.26 Å². The summed E-state index contributed by atoms with van der Waals surface area (Å²) in [6.45, 7) is 5.16. The molecular weight excluding hydrogens is 324 g/mol. The van der Waals surface area contributed by atoms with Crippen molar-refractivity contribution >= 4 is 11.7 Å². The molecule has 0 radical (unpaired) electrons. The van der Waals surface area contributed by atoms with Gasteiger partial charge in [-0.3, -0.25) is 4.79 Å². The third kappa shape index (κ3) is 3.15. The van der Waals surface area contributed by atoms with Crippen LogP contribution in [0, 0.1) is 24.2 Å². The first kappa shape index (κ1) is 16.6. The molecule has 2 heterocycles.